The fourth-order valence-electron chi connectivity index (χ4n) is 3.58. The van der Waals surface area contributed by atoms with Gasteiger partial charge in [0.25, 0.3) is 5.56 Å². The number of nitrogens with zero attached hydrogens (tertiary/aromatic N) is 2. The normalized spacial score (nSPS) is 11.2. The number of hydrogen-bond acceptors (Lipinski definition) is 3. The Bertz CT molecular complexity index is 1480. The van der Waals surface area contributed by atoms with Gasteiger partial charge in [-0.05, 0) is 31.2 Å². The second-order valence-electron chi connectivity index (χ2n) is 7.02. The number of nitrogens with one attached hydrogen (secondary N) is 1. The van der Waals surface area contributed by atoms with Crippen molar-refractivity contribution in [1.29, 1.82) is 0 Å². The molecule has 5 heteroatoms. The molecule has 5 nitrogen and oxygen atoms in total. The molecule has 3 aromatic carbocycles. The molecule has 29 heavy (non-hydrogen) atoms. The van der Waals surface area contributed by atoms with E-state index in [1.165, 1.54) is 4.68 Å². The minimum absolute atomic E-state index is 0.199. The molecule has 0 radical (unpaired) electrons. The Morgan fingerprint density at radius 1 is 0.828 bits per heavy atom. The third-order valence-electron chi connectivity index (χ3n) is 5.08. The first-order valence-corrected chi connectivity index (χ1v) is 9.34. The molecule has 5 aromatic rings. The molecule has 0 amide bonds. The summed E-state index contributed by atoms with van der Waals surface area (Å²) in [4.78, 5) is 29.8. The molecule has 0 fully saturated rings. The van der Waals surface area contributed by atoms with Gasteiger partial charge in [-0.2, -0.15) is 9.78 Å². The standard InChI is InChI=1S/C24H17N3O2/c1-15-11-13-16(14-12-15)21-20-22(25-19-10-6-5-9-18(19)23(20)28)24(29)27(26-21)17-7-3-2-4-8-17/h2-14H,1H3,(H,25,28). The average Bonchev–Trinajstić information content (AvgIpc) is 2.76. The summed E-state index contributed by atoms with van der Waals surface area (Å²) in [5.41, 5.74) is 3.34. The van der Waals surface area contributed by atoms with Crippen LogP contribution < -0.4 is 11.0 Å². The number of pyridine rings is 1. The van der Waals surface area contributed by atoms with Crippen LogP contribution in [-0.2, 0) is 0 Å². The van der Waals surface area contributed by atoms with Crippen LogP contribution in [0, 0.1) is 6.92 Å². The number of fused-ring (bicyclic) bond motifs is 2. The summed E-state index contributed by atoms with van der Waals surface area (Å²) in [6.45, 7) is 2.00. The predicted octanol–water partition coefficient (Wildman–Crippen LogP) is 4.20. The van der Waals surface area contributed by atoms with Gasteiger partial charge in [-0.15, -0.1) is 0 Å². The van der Waals surface area contributed by atoms with Crippen LogP contribution in [0.3, 0.4) is 0 Å². The van der Waals surface area contributed by atoms with E-state index in [1.54, 1.807) is 12.1 Å². The quantitative estimate of drug-likeness (QED) is 0.467. The van der Waals surface area contributed by atoms with Crippen molar-refractivity contribution in [3.8, 4) is 16.9 Å². The summed E-state index contributed by atoms with van der Waals surface area (Å²) < 4.78 is 1.35. The zero-order chi connectivity index (χ0) is 20.0. The number of aromatic amines is 1. The number of rotatable bonds is 2. The molecular formula is C24H17N3O2. The van der Waals surface area contributed by atoms with E-state index in [1.807, 2.05) is 73.7 Å². The van der Waals surface area contributed by atoms with Gasteiger partial charge < -0.3 is 4.98 Å². The molecule has 0 bridgehead atoms. The van der Waals surface area contributed by atoms with E-state index in [0.717, 1.165) is 11.1 Å². The monoisotopic (exact) mass is 379 g/mol. The predicted molar refractivity (Wildman–Crippen MR) is 116 cm³/mol. The van der Waals surface area contributed by atoms with Gasteiger partial charge in [0.15, 0.2) is 5.43 Å². The van der Waals surface area contributed by atoms with Crippen molar-refractivity contribution >= 4 is 21.8 Å². The van der Waals surface area contributed by atoms with Crippen molar-refractivity contribution in [1.82, 2.24) is 14.8 Å². The van der Waals surface area contributed by atoms with Crippen molar-refractivity contribution in [3.05, 3.63) is 105 Å². The third-order valence-corrected chi connectivity index (χ3v) is 5.08. The molecular weight excluding hydrogens is 362 g/mol. The molecule has 0 aliphatic heterocycles. The van der Waals surface area contributed by atoms with Crippen LogP contribution in [-0.4, -0.2) is 14.8 Å². The molecule has 0 aliphatic rings. The summed E-state index contributed by atoms with van der Waals surface area (Å²) >= 11 is 0. The summed E-state index contributed by atoms with van der Waals surface area (Å²) in [6.07, 6.45) is 0. The Kier molecular flexibility index (Phi) is 3.88. The second kappa shape index (κ2) is 6.56. The van der Waals surface area contributed by atoms with Crippen molar-refractivity contribution in [2.45, 2.75) is 6.92 Å². The summed E-state index contributed by atoms with van der Waals surface area (Å²) in [6, 6.07) is 24.2. The summed E-state index contributed by atoms with van der Waals surface area (Å²) in [7, 11) is 0. The number of H-pyrrole nitrogens is 1. The highest BCUT2D eigenvalue weighted by molar-refractivity contribution is 5.99. The van der Waals surface area contributed by atoms with E-state index in [2.05, 4.69) is 10.1 Å². The molecule has 2 heterocycles. The van der Waals surface area contributed by atoms with Crippen molar-refractivity contribution < 1.29 is 0 Å². The molecule has 5 rings (SSSR count). The maximum Gasteiger partial charge on any atom is 0.295 e. The lowest BCUT2D eigenvalue weighted by Gasteiger charge is -2.12. The van der Waals surface area contributed by atoms with Crippen LogP contribution in [0.15, 0.2) is 88.5 Å². The Labute approximate surface area is 165 Å². The van der Waals surface area contributed by atoms with Crippen LogP contribution in [0.25, 0.3) is 38.8 Å². The van der Waals surface area contributed by atoms with Crippen LogP contribution in [0.1, 0.15) is 5.56 Å². The number of para-hydroxylation sites is 2. The minimum Gasteiger partial charge on any atom is -0.350 e. The van der Waals surface area contributed by atoms with Crippen LogP contribution >= 0.6 is 0 Å². The van der Waals surface area contributed by atoms with E-state index < -0.39 is 0 Å². The second-order valence-corrected chi connectivity index (χ2v) is 7.02. The third kappa shape index (κ3) is 2.75. The van der Waals surface area contributed by atoms with E-state index in [-0.39, 0.29) is 16.5 Å². The number of hydrogen-bond donors (Lipinski definition) is 1. The molecule has 0 unspecified atom stereocenters. The maximum absolute atomic E-state index is 13.3. The smallest absolute Gasteiger partial charge is 0.295 e. The fraction of sp³-hybridized carbons (Fsp3) is 0.0417. The largest absolute Gasteiger partial charge is 0.350 e. The Morgan fingerprint density at radius 2 is 1.52 bits per heavy atom. The van der Waals surface area contributed by atoms with Gasteiger partial charge >= 0.3 is 0 Å². The van der Waals surface area contributed by atoms with Gasteiger partial charge in [0.2, 0.25) is 0 Å². The van der Waals surface area contributed by atoms with E-state index >= 15 is 0 Å². The number of benzene rings is 3. The fourth-order valence-corrected chi connectivity index (χ4v) is 3.58. The first-order chi connectivity index (χ1) is 14.1. The SMILES string of the molecule is Cc1ccc(-c2nn(-c3ccccc3)c(=O)c3[nH]c4ccccc4c(=O)c23)cc1. The average molecular weight is 379 g/mol. The van der Waals surface area contributed by atoms with Crippen LogP contribution in [0.4, 0.5) is 0 Å². The lowest BCUT2D eigenvalue weighted by Crippen LogP contribution is -2.25. The van der Waals surface area contributed by atoms with Gasteiger partial charge in [-0.3, -0.25) is 9.59 Å². The molecule has 0 aliphatic carbocycles. The van der Waals surface area contributed by atoms with Gasteiger partial charge in [0, 0.05) is 16.5 Å². The number of aromatic nitrogens is 3. The highest BCUT2D eigenvalue weighted by atomic mass is 16.1. The van der Waals surface area contributed by atoms with Crippen molar-refractivity contribution in [2.75, 3.05) is 0 Å². The van der Waals surface area contributed by atoms with Gasteiger partial charge in [0.1, 0.15) is 11.2 Å². The zero-order valence-electron chi connectivity index (χ0n) is 15.7. The Morgan fingerprint density at radius 3 is 2.28 bits per heavy atom. The molecule has 0 saturated heterocycles. The number of aryl methyl sites for hydroxylation is 1. The summed E-state index contributed by atoms with van der Waals surface area (Å²) in [5, 5.41) is 5.47. The van der Waals surface area contributed by atoms with E-state index in [4.69, 9.17) is 0 Å². The van der Waals surface area contributed by atoms with Crippen molar-refractivity contribution in [3.63, 3.8) is 0 Å². The molecule has 0 spiro atoms. The first-order valence-electron chi connectivity index (χ1n) is 9.34. The van der Waals surface area contributed by atoms with Crippen LogP contribution in [0.2, 0.25) is 0 Å². The Balaban J connectivity index is 1.99. The van der Waals surface area contributed by atoms with Gasteiger partial charge in [-0.1, -0.05) is 60.2 Å². The van der Waals surface area contributed by atoms with E-state index in [0.29, 0.717) is 27.7 Å². The minimum atomic E-state index is -0.357. The lowest BCUT2D eigenvalue weighted by molar-refractivity contribution is 0.823. The molecule has 2 aromatic heterocycles. The lowest BCUT2D eigenvalue weighted by atomic mass is 10.0. The Hall–Kier alpha value is -3.99. The highest BCUT2D eigenvalue weighted by Gasteiger charge is 2.18. The topological polar surface area (TPSA) is 67.8 Å². The summed E-state index contributed by atoms with van der Waals surface area (Å²) in [5.74, 6) is 0. The molecule has 1 N–H and O–H groups in total. The molecule has 140 valence electrons. The first kappa shape index (κ1) is 17.1. The van der Waals surface area contributed by atoms with Crippen molar-refractivity contribution in [2.24, 2.45) is 0 Å². The zero-order valence-corrected chi connectivity index (χ0v) is 15.7. The molecule has 0 atom stereocenters. The molecule has 0 saturated carbocycles. The van der Waals surface area contributed by atoms with Gasteiger partial charge in [-0.25, -0.2) is 0 Å². The van der Waals surface area contributed by atoms with Crippen LogP contribution in [0.5, 0.6) is 0 Å². The maximum atomic E-state index is 13.3. The highest BCUT2D eigenvalue weighted by Crippen LogP contribution is 2.24. The van der Waals surface area contributed by atoms with Gasteiger partial charge in [0.05, 0.1) is 11.1 Å². The van der Waals surface area contributed by atoms with E-state index in [9.17, 15) is 9.59 Å².